The number of phenols is 1. The van der Waals surface area contributed by atoms with E-state index in [1.54, 1.807) is 36.2 Å². The summed E-state index contributed by atoms with van der Waals surface area (Å²) < 4.78 is 5.31. The van der Waals surface area contributed by atoms with Gasteiger partial charge in [-0.3, -0.25) is 4.79 Å². The maximum Gasteiger partial charge on any atom is 0.228 e. The van der Waals surface area contributed by atoms with Gasteiger partial charge in [0, 0.05) is 37.8 Å². The third kappa shape index (κ3) is 3.21. The normalized spacial score (nSPS) is 19.5. The molecule has 0 spiro atoms. The molecular weight excluding hydrogens is 232 g/mol. The van der Waals surface area contributed by atoms with Crippen LogP contribution in [0.5, 0.6) is 5.75 Å². The number of hydrogen-bond donors (Lipinski definition) is 2. The molecule has 1 aliphatic heterocycles. The number of nitrogens with zero attached hydrogens (tertiary/aromatic N) is 1. The maximum absolute atomic E-state index is 12.1. The van der Waals surface area contributed by atoms with Crippen molar-refractivity contribution in [2.75, 3.05) is 31.7 Å². The number of morpholine rings is 1. The predicted molar refractivity (Wildman–Crippen MR) is 68.7 cm³/mol. The van der Waals surface area contributed by atoms with E-state index in [0.717, 1.165) is 6.54 Å². The molecule has 1 aliphatic rings. The fourth-order valence-electron chi connectivity index (χ4n) is 1.94. The number of nitrogens with one attached hydrogen (secondary N) is 1. The van der Waals surface area contributed by atoms with Crippen LogP contribution in [0.2, 0.25) is 0 Å². The van der Waals surface area contributed by atoms with Gasteiger partial charge in [-0.2, -0.15) is 0 Å². The highest BCUT2D eigenvalue weighted by atomic mass is 16.5. The third-order valence-corrected chi connectivity index (χ3v) is 3.01. The highest BCUT2D eigenvalue weighted by Gasteiger charge is 2.20. The van der Waals surface area contributed by atoms with Gasteiger partial charge in [0.25, 0.3) is 0 Å². The van der Waals surface area contributed by atoms with Crippen molar-refractivity contribution >= 4 is 11.6 Å². The third-order valence-electron chi connectivity index (χ3n) is 3.01. The van der Waals surface area contributed by atoms with Gasteiger partial charge in [-0.25, -0.2) is 0 Å². The number of phenolic OH excluding ortho intramolecular Hbond substituents is 1. The fourth-order valence-corrected chi connectivity index (χ4v) is 1.94. The van der Waals surface area contributed by atoms with E-state index < -0.39 is 0 Å². The summed E-state index contributed by atoms with van der Waals surface area (Å²) in [5.74, 6) is 0.162. The average molecular weight is 250 g/mol. The molecule has 1 amide bonds. The van der Waals surface area contributed by atoms with E-state index in [2.05, 4.69) is 5.32 Å². The Balaban J connectivity index is 1.95. The molecule has 1 aromatic carbocycles. The lowest BCUT2D eigenvalue weighted by Crippen LogP contribution is -2.44. The molecular formula is C13H18N2O3. The number of amides is 1. The molecule has 18 heavy (non-hydrogen) atoms. The zero-order valence-electron chi connectivity index (χ0n) is 10.4. The molecule has 0 saturated carbocycles. The Labute approximate surface area is 106 Å². The Bertz CT molecular complexity index is 416. The van der Waals surface area contributed by atoms with Crippen LogP contribution in [0.3, 0.4) is 0 Å². The van der Waals surface area contributed by atoms with Crippen molar-refractivity contribution < 1.29 is 14.6 Å². The molecule has 0 aromatic heterocycles. The zero-order chi connectivity index (χ0) is 13.0. The van der Waals surface area contributed by atoms with Crippen molar-refractivity contribution in [3.8, 4) is 5.75 Å². The Morgan fingerprint density at radius 3 is 3.11 bits per heavy atom. The maximum atomic E-state index is 12.1. The topological polar surface area (TPSA) is 61.8 Å². The van der Waals surface area contributed by atoms with Gasteiger partial charge in [0.05, 0.1) is 13.2 Å². The van der Waals surface area contributed by atoms with Crippen LogP contribution in [0.4, 0.5) is 5.69 Å². The first kappa shape index (κ1) is 12.9. The molecule has 1 unspecified atom stereocenters. The van der Waals surface area contributed by atoms with Crippen LogP contribution in [0.25, 0.3) is 0 Å². The molecule has 1 fully saturated rings. The Morgan fingerprint density at radius 2 is 2.44 bits per heavy atom. The van der Waals surface area contributed by atoms with Crippen LogP contribution < -0.4 is 10.2 Å². The molecule has 2 N–H and O–H groups in total. The van der Waals surface area contributed by atoms with Crippen LogP contribution in [0, 0.1) is 0 Å². The van der Waals surface area contributed by atoms with Crippen molar-refractivity contribution in [2.45, 2.75) is 12.5 Å². The quantitative estimate of drug-likeness (QED) is 0.830. The van der Waals surface area contributed by atoms with Crippen LogP contribution in [0.15, 0.2) is 24.3 Å². The van der Waals surface area contributed by atoms with Gasteiger partial charge in [0.1, 0.15) is 5.75 Å². The van der Waals surface area contributed by atoms with Crippen molar-refractivity contribution in [3.05, 3.63) is 24.3 Å². The van der Waals surface area contributed by atoms with Gasteiger partial charge in [-0.15, -0.1) is 0 Å². The Morgan fingerprint density at radius 1 is 1.61 bits per heavy atom. The van der Waals surface area contributed by atoms with Crippen molar-refractivity contribution in [1.82, 2.24) is 5.32 Å². The number of hydrogen-bond acceptors (Lipinski definition) is 4. The van der Waals surface area contributed by atoms with Crippen molar-refractivity contribution in [1.29, 1.82) is 0 Å². The smallest absolute Gasteiger partial charge is 0.228 e. The second-order valence-electron chi connectivity index (χ2n) is 4.40. The monoisotopic (exact) mass is 250 g/mol. The number of ether oxygens (including phenoxy) is 1. The standard InChI is InChI=1S/C13H18N2O3/c1-15(11-3-2-4-12(16)8-11)13(17)7-10-9-18-6-5-14-10/h2-4,8,10,14,16H,5-7,9H2,1H3. The van der Waals surface area contributed by atoms with Crippen molar-refractivity contribution in [2.24, 2.45) is 0 Å². The highest BCUT2D eigenvalue weighted by molar-refractivity contribution is 5.93. The Hall–Kier alpha value is -1.59. The van der Waals surface area contributed by atoms with Gasteiger partial charge in [0.15, 0.2) is 0 Å². The molecule has 98 valence electrons. The molecule has 1 aromatic rings. The molecule has 5 nitrogen and oxygen atoms in total. The molecule has 2 rings (SSSR count). The summed E-state index contributed by atoms with van der Waals surface area (Å²) in [5.41, 5.74) is 0.691. The lowest BCUT2D eigenvalue weighted by Gasteiger charge is -2.25. The van der Waals surface area contributed by atoms with Gasteiger partial charge >= 0.3 is 0 Å². The van der Waals surface area contributed by atoms with Crippen LogP contribution in [0.1, 0.15) is 6.42 Å². The summed E-state index contributed by atoms with van der Waals surface area (Å²) in [7, 11) is 1.71. The number of rotatable bonds is 3. The lowest BCUT2D eigenvalue weighted by molar-refractivity contribution is -0.119. The molecule has 0 aliphatic carbocycles. The van der Waals surface area contributed by atoms with Crippen LogP contribution >= 0.6 is 0 Å². The molecule has 1 heterocycles. The minimum absolute atomic E-state index is 0.00333. The van der Waals surface area contributed by atoms with Gasteiger partial charge in [0.2, 0.25) is 5.91 Å². The van der Waals surface area contributed by atoms with Gasteiger partial charge in [-0.05, 0) is 12.1 Å². The number of aromatic hydroxyl groups is 1. The lowest BCUT2D eigenvalue weighted by atomic mass is 10.1. The number of anilines is 1. The summed E-state index contributed by atoms with van der Waals surface area (Å²) in [6.45, 7) is 2.06. The van der Waals surface area contributed by atoms with E-state index in [9.17, 15) is 9.90 Å². The second-order valence-corrected chi connectivity index (χ2v) is 4.40. The molecule has 0 radical (unpaired) electrons. The zero-order valence-corrected chi connectivity index (χ0v) is 10.4. The van der Waals surface area contributed by atoms with E-state index in [1.807, 2.05) is 0 Å². The van der Waals surface area contributed by atoms with E-state index in [1.165, 1.54) is 0 Å². The predicted octanol–water partition coefficient (Wildman–Crippen LogP) is 0.733. The minimum Gasteiger partial charge on any atom is -0.508 e. The average Bonchev–Trinajstić information content (AvgIpc) is 2.39. The van der Waals surface area contributed by atoms with Gasteiger partial charge < -0.3 is 20.1 Å². The second kappa shape index (κ2) is 5.84. The number of carbonyl (C=O) groups excluding carboxylic acids is 1. The van der Waals surface area contributed by atoms with E-state index in [0.29, 0.717) is 25.3 Å². The SMILES string of the molecule is CN(C(=O)CC1COCCN1)c1cccc(O)c1. The first-order chi connectivity index (χ1) is 8.66. The van der Waals surface area contributed by atoms with E-state index in [4.69, 9.17) is 4.74 Å². The van der Waals surface area contributed by atoms with Gasteiger partial charge in [-0.1, -0.05) is 6.07 Å². The largest absolute Gasteiger partial charge is 0.508 e. The van der Waals surface area contributed by atoms with Crippen molar-refractivity contribution in [3.63, 3.8) is 0 Å². The van der Waals surface area contributed by atoms with Crippen LogP contribution in [-0.2, 0) is 9.53 Å². The number of carbonyl (C=O) groups is 1. The first-order valence-corrected chi connectivity index (χ1v) is 6.03. The Kier molecular flexibility index (Phi) is 4.17. The number of benzene rings is 1. The summed E-state index contributed by atoms with van der Waals surface area (Å²) >= 11 is 0. The van der Waals surface area contributed by atoms with Crippen LogP contribution in [-0.4, -0.2) is 43.9 Å². The summed E-state index contributed by atoms with van der Waals surface area (Å²) in [6.07, 6.45) is 0.395. The molecule has 1 atom stereocenters. The van der Waals surface area contributed by atoms with E-state index >= 15 is 0 Å². The highest BCUT2D eigenvalue weighted by Crippen LogP contribution is 2.19. The minimum atomic E-state index is 0.00333. The van der Waals surface area contributed by atoms with E-state index in [-0.39, 0.29) is 17.7 Å². The summed E-state index contributed by atoms with van der Waals surface area (Å²) in [5, 5.41) is 12.6. The summed E-state index contributed by atoms with van der Waals surface area (Å²) in [4.78, 5) is 13.6. The first-order valence-electron chi connectivity index (χ1n) is 6.03. The molecule has 1 saturated heterocycles. The summed E-state index contributed by atoms with van der Waals surface area (Å²) in [6, 6.07) is 6.74. The molecule has 0 bridgehead atoms. The fraction of sp³-hybridized carbons (Fsp3) is 0.462. The molecule has 5 heteroatoms.